The minimum Gasteiger partial charge on any atom is -0.399 e. The lowest BCUT2D eigenvalue weighted by Crippen LogP contribution is -2.27. The molecule has 0 radical (unpaired) electrons. The number of piperidine rings is 1. The number of hydrogen-bond donors (Lipinski definition) is 2. The van der Waals surface area contributed by atoms with E-state index < -0.39 is 0 Å². The van der Waals surface area contributed by atoms with E-state index in [1.807, 2.05) is 6.07 Å². The average Bonchev–Trinajstić information content (AvgIpc) is 2.30. The molecule has 0 unspecified atom stereocenters. The minimum absolute atomic E-state index is 0.713. The quantitative estimate of drug-likeness (QED) is 0.725. The second kappa shape index (κ2) is 4.67. The largest absolute Gasteiger partial charge is 0.399 e. The van der Waals surface area contributed by atoms with Gasteiger partial charge in [0.1, 0.15) is 0 Å². The SMILES string of the molecule is CCc1ccc(N)cc1C1CCNCC1. The molecule has 0 amide bonds. The first-order valence-corrected chi connectivity index (χ1v) is 5.90. The predicted octanol–water partition coefficient (Wildman–Crippen LogP) is 2.30. The fourth-order valence-corrected chi connectivity index (χ4v) is 2.45. The zero-order chi connectivity index (χ0) is 10.7. The van der Waals surface area contributed by atoms with Crippen LogP contribution in [0.3, 0.4) is 0 Å². The molecule has 3 N–H and O–H groups in total. The van der Waals surface area contributed by atoms with Gasteiger partial charge in [-0.25, -0.2) is 0 Å². The summed E-state index contributed by atoms with van der Waals surface area (Å²) in [5, 5.41) is 3.41. The van der Waals surface area contributed by atoms with Crippen molar-refractivity contribution in [2.75, 3.05) is 18.8 Å². The van der Waals surface area contributed by atoms with Gasteiger partial charge < -0.3 is 11.1 Å². The smallest absolute Gasteiger partial charge is 0.0317 e. The molecule has 0 aliphatic carbocycles. The van der Waals surface area contributed by atoms with Crippen LogP contribution in [0.1, 0.15) is 36.8 Å². The maximum atomic E-state index is 5.87. The zero-order valence-corrected chi connectivity index (χ0v) is 9.42. The number of nitrogens with one attached hydrogen (secondary N) is 1. The normalized spacial score (nSPS) is 17.9. The monoisotopic (exact) mass is 204 g/mol. The van der Waals surface area contributed by atoms with Crippen molar-refractivity contribution in [2.24, 2.45) is 0 Å². The Kier molecular flexibility index (Phi) is 3.27. The average molecular weight is 204 g/mol. The van der Waals surface area contributed by atoms with Crippen molar-refractivity contribution in [2.45, 2.75) is 32.1 Å². The fraction of sp³-hybridized carbons (Fsp3) is 0.538. The van der Waals surface area contributed by atoms with Gasteiger partial charge >= 0.3 is 0 Å². The lowest BCUT2D eigenvalue weighted by atomic mass is 9.86. The molecule has 2 nitrogen and oxygen atoms in total. The summed E-state index contributed by atoms with van der Waals surface area (Å²) < 4.78 is 0. The number of nitrogen functional groups attached to an aromatic ring is 1. The van der Waals surface area contributed by atoms with Crippen molar-refractivity contribution in [3.8, 4) is 0 Å². The van der Waals surface area contributed by atoms with Crippen LogP contribution in [0.5, 0.6) is 0 Å². The van der Waals surface area contributed by atoms with Gasteiger partial charge in [0.15, 0.2) is 0 Å². The lowest BCUT2D eigenvalue weighted by molar-refractivity contribution is 0.458. The number of aryl methyl sites for hydroxylation is 1. The zero-order valence-electron chi connectivity index (χ0n) is 9.42. The van der Waals surface area contributed by atoms with Crippen LogP contribution in [0.4, 0.5) is 5.69 Å². The summed E-state index contributed by atoms with van der Waals surface area (Å²) >= 11 is 0. The Hall–Kier alpha value is -1.02. The highest BCUT2D eigenvalue weighted by molar-refractivity contribution is 5.46. The van der Waals surface area contributed by atoms with Crippen LogP contribution in [-0.2, 0) is 6.42 Å². The first-order chi connectivity index (χ1) is 7.31. The summed E-state index contributed by atoms with van der Waals surface area (Å²) in [6, 6.07) is 6.38. The van der Waals surface area contributed by atoms with E-state index in [9.17, 15) is 0 Å². The molecular formula is C13H20N2. The second-order valence-electron chi connectivity index (χ2n) is 4.34. The van der Waals surface area contributed by atoms with Crippen LogP contribution in [0.2, 0.25) is 0 Å². The van der Waals surface area contributed by atoms with Crippen LogP contribution in [0.25, 0.3) is 0 Å². The van der Waals surface area contributed by atoms with E-state index in [4.69, 9.17) is 5.73 Å². The first kappa shape index (κ1) is 10.5. The molecule has 0 atom stereocenters. The maximum Gasteiger partial charge on any atom is 0.0317 e. The van der Waals surface area contributed by atoms with Crippen molar-refractivity contribution >= 4 is 5.69 Å². The number of rotatable bonds is 2. The van der Waals surface area contributed by atoms with E-state index in [1.165, 1.54) is 24.0 Å². The van der Waals surface area contributed by atoms with Crippen molar-refractivity contribution in [1.29, 1.82) is 0 Å². The van der Waals surface area contributed by atoms with Gasteiger partial charge in [-0.05, 0) is 61.5 Å². The molecule has 1 fully saturated rings. The highest BCUT2D eigenvalue weighted by atomic mass is 14.9. The van der Waals surface area contributed by atoms with Gasteiger partial charge in [-0.2, -0.15) is 0 Å². The minimum atomic E-state index is 0.713. The third-order valence-corrected chi connectivity index (χ3v) is 3.33. The molecule has 15 heavy (non-hydrogen) atoms. The maximum absolute atomic E-state index is 5.87. The number of nitrogens with two attached hydrogens (primary N) is 1. The van der Waals surface area contributed by atoms with Gasteiger partial charge in [-0.15, -0.1) is 0 Å². The highest BCUT2D eigenvalue weighted by Gasteiger charge is 2.17. The van der Waals surface area contributed by atoms with E-state index in [1.54, 1.807) is 0 Å². The molecule has 0 bridgehead atoms. The molecule has 2 heteroatoms. The topological polar surface area (TPSA) is 38.0 Å². The summed E-state index contributed by atoms with van der Waals surface area (Å²) in [6.07, 6.45) is 3.60. The second-order valence-corrected chi connectivity index (χ2v) is 4.34. The van der Waals surface area contributed by atoms with E-state index in [-0.39, 0.29) is 0 Å². The molecule has 1 aromatic carbocycles. The van der Waals surface area contributed by atoms with Crippen LogP contribution < -0.4 is 11.1 Å². The van der Waals surface area contributed by atoms with Crippen LogP contribution >= 0.6 is 0 Å². The van der Waals surface area contributed by atoms with E-state index in [0.717, 1.165) is 25.2 Å². The Balaban J connectivity index is 2.27. The van der Waals surface area contributed by atoms with Gasteiger partial charge in [-0.1, -0.05) is 13.0 Å². The van der Waals surface area contributed by atoms with E-state index in [0.29, 0.717) is 5.92 Å². The molecule has 1 heterocycles. The molecule has 2 rings (SSSR count). The standard InChI is InChI=1S/C13H20N2/c1-2-10-3-4-12(14)9-13(10)11-5-7-15-8-6-11/h3-4,9,11,15H,2,5-8,14H2,1H3. The number of anilines is 1. The van der Waals surface area contributed by atoms with Gasteiger partial charge in [0, 0.05) is 5.69 Å². The van der Waals surface area contributed by atoms with Crippen molar-refractivity contribution in [3.63, 3.8) is 0 Å². The predicted molar refractivity (Wildman–Crippen MR) is 65.1 cm³/mol. The van der Waals surface area contributed by atoms with Gasteiger partial charge in [0.25, 0.3) is 0 Å². The van der Waals surface area contributed by atoms with Crippen LogP contribution in [0.15, 0.2) is 18.2 Å². The Morgan fingerprint density at radius 1 is 1.33 bits per heavy atom. The Bertz CT molecular complexity index is 327. The molecule has 0 saturated carbocycles. The summed E-state index contributed by atoms with van der Waals surface area (Å²) in [5.74, 6) is 0.713. The van der Waals surface area contributed by atoms with Gasteiger partial charge in [0.05, 0.1) is 0 Å². The van der Waals surface area contributed by atoms with E-state index >= 15 is 0 Å². The Morgan fingerprint density at radius 3 is 2.73 bits per heavy atom. The summed E-state index contributed by atoms with van der Waals surface area (Å²) in [7, 11) is 0. The van der Waals surface area contributed by atoms with E-state index in [2.05, 4.69) is 24.4 Å². The van der Waals surface area contributed by atoms with Crippen LogP contribution in [-0.4, -0.2) is 13.1 Å². The molecule has 0 aromatic heterocycles. The van der Waals surface area contributed by atoms with Crippen molar-refractivity contribution in [1.82, 2.24) is 5.32 Å². The molecule has 1 aliphatic heterocycles. The molecule has 0 spiro atoms. The lowest BCUT2D eigenvalue weighted by Gasteiger charge is -2.25. The highest BCUT2D eigenvalue weighted by Crippen LogP contribution is 2.29. The summed E-state index contributed by atoms with van der Waals surface area (Å²) in [4.78, 5) is 0. The number of benzene rings is 1. The van der Waals surface area contributed by atoms with Crippen LogP contribution in [0, 0.1) is 0 Å². The summed E-state index contributed by atoms with van der Waals surface area (Å²) in [5.41, 5.74) is 9.73. The Labute approximate surface area is 91.9 Å². The van der Waals surface area contributed by atoms with Crippen molar-refractivity contribution < 1.29 is 0 Å². The first-order valence-electron chi connectivity index (χ1n) is 5.90. The van der Waals surface area contributed by atoms with Gasteiger partial charge in [0.2, 0.25) is 0 Å². The summed E-state index contributed by atoms with van der Waals surface area (Å²) in [6.45, 7) is 4.50. The third-order valence-electron chi connectivity index (χ3n) is 3.33. The fourth-order valence-electron chi connectivity index (χ4n) is 2.45. The van der Waals surface area contributed by atoms with Gasteiger partial charge in [-0.3, -0.25) is 0 Å². The number of hydrogen-bond acceptors (Lipinski definition) is 2. The molecule has 82 valence electrons. The van der Waals surface area contributed by atoms with Crippen molar-refractivity contribution in [3.05, 3.63) is 29.3 Å². The molecular weight excluding hydrogens is 184 g/mol. The molecule has 1 aromatic rings. The Morgan fingerprint density at radius 2 is 2.07 bits per heavy atom. The molecule has 1 saturated heterocycles. The third kappa shape index (κ3) is 2.32. The molecule has 1 aliphatic rings.